The molecule has 0 fully saturated rings. The van der Waals surface area contributed by atoms with Gasteiger partial charge in [-0.05, 0) is 49.1 Å². The van der Waals surface area contributed by atoms with Crippen molar-refractivity contribution in [3.8, 4) is 0 Å². The molecular formula is C23H27FN6O2. The molecule has 168 valence electrons. The molecule has 0 radical (unpaired) electrons. The summed E-state index contributed by atoms with van der Waals surface area (Å²) < 4.78 is 18.1. The van der Waals surface area contributed by atoms with Gasteiger partial charge in [-0.25, -0.2) is 14.2 Å². The van der Waals surface area contributed by atoms with Gasteiger partial charge in [-0.15, -0.1) is 0 Å². The second kappa shape index (κ2) is 12.2. The van der Waals surface area contributed by atoms with Crippen molar-refractivity contribution in [2.24, 2.45) is 4.99 Å². The average Bonchev–Trinajstić information content (AvgIpc) is 3.34. The fourth-order valence-corrected chi connectivity index (χ4v) is 3.26. The number of alkyl carbamates (subject to hydrolysis) is 1. The molecular weight excluding hydrogens is 411 g/mol. The molecule has 2 heterocycles. The third-order valence-corrected chi connectivity index (χ3v) is 4.87. The zero-order valence-corrected chi connectivity index (χ0v) is 17.9. The van der Waals surface area contributed by atoms with Gasteiger partial charge in [0.1, 0.15) is 5.82 Å². The van der Waals surface area contributed by atoms with Crippen LogP contribution in [0.25, 0.3) is 0 Å². The predicted octanol–water partition coefficient (Wildman–Crippen LogP) is 3.40. The van der Waals surface area contributed by atoms with Crippen molar-refractivity contribution in [1.82, 2.24) is 25.6 Å². The van der Waals surface area contributed by atoms with Crippen LogP contribution in [0.2, 0.25) is 0 Å². The number of hydrogen-bond acceptors (Lipinski definition) is 5. The van der Waals surface area contributed by atoms with E-state index in [1.807, 2.05) is 24.4 Å². The maximum Gasteiger partial charge on any atom is 0.413 e. The second-order valence-corrected chi connectivity index (χ2v) is 7.09. The fourth-order valence-electron chi connectivity index (χ4n) is 3.26. The van der Waals surface area contributed by atoms with Crippen LogP contribution in [0.5, 0.6) is 0 Å². The lowest BCUT2D eigenvalue weighted by Gasteiger charge is -2.17. The zero-order valence-electron chi connectivity index (χ0n) is 17.9. The molecule has 1 aromatic carbocycles. The Labute approximate surface area is 186 Å². The number of halogens is 1. The number of aromatic amines is 1. The van der Waals surface area contributed by atoms with Crippen molar-refractivity contribution in [3.63, 3.8) is 0 Å². The molecule has 0 saturated heterocycles. The summed E-state index contributed by atoms with van der Waals surface area (Å²) in [4.78, 5) is 27.8. The van der Waals surface area contributed by atoms with Crippen molar-refractivity contribution in [2.75, 3.05) is 20.2 Å². The van der Waals surface area contributed by atoms with Crippen LogP contribution in [-0.2, 0) is 11.2 Å². The van der Waals surface area contributed by atoms with Gasteiger partial charge in [-0.1, -0.05) is 18.2 Å². The minimum Gasteiger partial charge on any atom is -0.453 e. The van der Waals surface area contributed by atoms with Crippen molar-refractivity contribution in [2.45, 2.75) is 25.2 Å². The number of hydrogen-bond donors (Lipinski definition) is 3. The number of methoxy groups -OCH3 is 1. The lowest BCUT2D eigenvalue weighted by molar-refractivity contribution is 0.176. The van der Waals surface area contributed by atoms with Gasteiger partial charge in [0.05, 0.1) is 19.1 Å². The van der Waals surface area contributed by atoms with E-state index in [1.54, 1.807) is 24.7 Å². The Morgan fingerprint density at radius 2 is 2.06 bits per heavy atom. The number of guanidine groups is 1. The summed E-state index contributed by atoms with van der Waals surface area (Å²) in [7, 11) is 1.30. The highest BCUT2D eigenvalue weighted by atomic mass is 19.1. The summed E-state index contributed by atoms with van der Waals surface area (Å²) in [5, 5.41) is 5.75. The Hall–Kier alpha value is -3.75. The molecule has 1 amide bonds. The van der Waals surface area contributed by atoms with Crippen LogP contribution < -0.4 is 10.6 Å². The molecule has 2 aromatic heterocycles. The number of carbonyl (C=O) groups excluding carboxylic acids is 1. The minimum absolute atomic E-state index is 0.0559. The standard InChI is InChI=1S/C23H27FN6O2/c1-32-23(31)30-22(27-13-4-5-19-15-25-16-29-19)28-14-11-20(21-6-2-3-12-26-21)17-7-9-18(24)10-8-17/h2-3,6-10,12,15-16,20H,4-5,11,13-14H2,1H3,(H,25,29)(H2,27,28,30,31). The molecule has 3 aromatic rings. The molecule has 1 atom stereocenters. The Bertz CT molecular complexity index is 977. The number of nitrogens with zero attached hydrogens (tertiary/aromatic N) is 3. The van der Waals surface area contributed by atoms with Gasteiger partial charge in [0.15, 0.2) is 0 Å². The van der Waals surface area contributed by atoms with Crippen LogP contribution in [0.4, 0.5) is 9.18 Å². The van der Waals surface area contributed by atoms with Gasteiger partial charge in [0, 0.05) is 37.1 Å². The van der Waals surface area contributed by atoms with Crippen LogP contribution in [0, 0.1) is 5.82 Å². The molecule has 8 nitrogen and oxygen atoms in total. The summed E-state index contributed by atoms with van der Waals surface area (Å²) >= 11 is 0. The van der Waals surface area contributed by atoms with Crippen molar-refractivity contribution in [3.05, 3.63) is 84.0 Å². The van der Waals surface area contributed by atoms with Crippen molar-refractivity contribution >= 4 is 12.1 Å². The number of ether oxygens (including phenoxy) is 1. The number of H-pyrrole nitrogens is 1. The highest BCUT2D eigenvalue weighted by molar-refractivity contribution is 5.93. The smallest absolute Gasteiger partial charge is 0.413 e. The number of aromatic nitrogens is 3. The first-order chi connectivity index (χ1) is 15.7. The molecule has 0 saturated carbocycles. The van der Waals surface area contributed by atoms with Crippen LogP contribution in [0.15, 0.2) is 66.2 Å². The number of amides is 1. The van der Waals surface area contributed by atoms with E-state index in [0.717, 1.165) is 29.8 Å². The van der Waals surface area contributed by atoms with Crippen LogP contribution in [-0.4, -0.2) is 47.2 Å². The number of pyridine rings is 1. The summed E-state index contributed by atoms with van der Waals surface area (Å²) in [6.07, 6.45) is 6.89. The van der Waals surface area contributed by atoms with Gasteiger partial charge >= 0.3 is 6.09 Å². The van der Waals surface area contributed by atoms with Gasteiger partial charge < -0.3 is 15.0 Å². The molecule has 0 bridgehead atoms. The number of nitrogens with one attached hydrogen (secondary N) is 3. The summed E-state index contributed by atoms with van der Waals surface area (Å²) in [5.41, 5.74) is 2.81. The zero-order chi connectivity index (χ0) is 22.6. The van der Waals surface area contributed by atoms with E-state index < -0.39 is 6.09 Å². The third kappa shape index (κ3) is 7.19. The van der Waals surface area contributed by atoms with E-state index in [1.165, 1.54) is 19.2 Å². The largest absolute Gasteiger partial charge is 0.453 e. The third-order valence-electron chi connectivity index (χ3n) is 4.87. The Kier molecular flexibility index (Phi) is 8.73. The average molecular weight is 439 g/mol. The molecule has 0 aliphatic rings. The number of aryl methyl sites for hydroxylation is 1. The Morgan fingerprint density at radius 1 is 1.22 bits per heavy atom. The molecule has 0 aliphatic heterocycles. The van der Waals surface area contributed by atoms with E-state index in [-0.39, 0.29) is 11.7 Å². The lowest BCUT2D eigenvalue weighted by Crippen LogP contribution is -2.41. The first-order valence-corrected chi connectivity index (χ1v) is 10.4. The molecule has 0 aliphatic carbocycles. The molecule has 9 heteroatoms. The van der Waals surface area contributed by atoms with Gasteiger partial charge in [-0.2, -0.15) is 0 Å². The first kappa shape index (κ1) is 22.9. The SMILES string of the molecule is COC(=O)NC(=NCCC(c1ccc(F)cc1)c1ccccn1)NCCCc1c[nH]cn1. The summed E-state index contributed by atoms with van der Waals surface area (Å²) in [6, 6.07) is 12.1. The lowest BCUT2D eigenvalue weighted by atomic mass is 9.92. The monoisotopic (exact) mass is 438 g/mol. The van der Waals surface area contributed by atoms with Crippen LogP contribution >= 0.6 is 0 Å². The second-order valence-electron chi connectivity index (χ2n) is 7.09. The molecule has 3 N–H and O–H groups in total. The minimum atomic E-state index is -0.594. The number of aliphatic imine (C=N–C) groups is 1. The Morgan fingerprint density at radius 3 is 2.75 bits per heavy atom. The van der Waals surface area contributed by atoms with Gasteiger partial charge in [-0.3, -0.25) is 15.3 Å². The van der Waals surface area contributed by atoms with E-state index in [4.69, 9.17) is 4.74 Å². The van der Waals surface area contributed by atoms with Crippen molar-refractivity contribution < 1.29 is 13.9 Å². The van der Waals surface area contributed by atoms with E-state index in [2.05, 4.69) is 30.6 Å². The quantitative estimate of drug-likeness (QED) is 0.270. The highest BCUT2D eigenvalue weighted by Crippen LogP contribution is 2.26. The maximum atomic E-state index is 13.4. The van der Waals surface area contributed by atoms with Gasteiger partial charge in [0.2, 0.25) is 5.96 Å². The Balaban J connectivity index is 1.64. The number of imidazole rings is 1. The van der Waals surface area contributed by atoms with E-state index in [9.17, 15) is 9.18 Å². The van der Waals surface area contributed by atoms with E-state index >= 15 is 0 Å². The first-order valence-electron chi connectivity index (χ1n) is 10.4. The van der Waals surface area contributed by atoms with Crippen LogP contribution in [0.1, 0.15) is 35.7 Å². The van der Waals surface area contributed by atoms with Gasteiger partial charge in [0.25, 0.3) is 0 Å². The molecule has 1 unspecified atom stereocenters. The molecule has 32 heavy (non-hydrogen) atoms. The predicted molar refractivity (Wildman–Crippen MR) is 120 cm³/mol. The topological polar surface area (TPSA) is 104 Å². The number of carbonyl (C=O) groups is 1. The molecule has 0 spiro atoms. The fraction of sp³-hybridized carbons (Fsp3) is 0.304. The molecule has 3 rings (SSSR count). The normalized spacial score (nSPS) is 12.2. The summed E-state index contributed by atoms with van der Waals surface area (Å²) in [6.45, 7) is 1.03. The van der Waals surface area contributed by atoms with E-state index in [0.29, 0.717) is 25.5 Å². The number of rotatable bonds is 9. The highest BCUT2D eigenvalue weighted by Gasteiger charge is 2.16. The van der Waals surface area contributed by atoms with Crippen molar-refractivity contribution in [1.29, 1.82) is 0 Å². The summed E-state index contributed by atoms with van der Waals surface area (Å²) in [5.74, 6) is 0.00694. The maximum absolute atomic E-state index is 13.4. The van der Waals surface area contributed by atoms with Crippen LogP contribution in [0.3, 0.4) is 0 Å². The number of benzene rings is 1.